The predicted octanol–water partition coefficient (Wildman–Crippen LogP) is 4.16. The second-order valence-electron chi connectivity index (χ2n) is 6.87. The van der Waals surface area contributed by atoms with Crippen LogP contribution >= 0.6 is 0 Å². The second-order valence-corrected chi connectivity index (χ2v) is 15.8. The summed E-state index contributed by atoms with van der Waals surface area (Å²) in [6, 6.07) is 0. The first-order valence-electron chi connectivity index (χ1n) is 6.89. The molecule has 0 amide bonds. The van der Waals surface area contributed by atoms with Gasteiger partial charge in [0.25, 0.3) is 5.97 Å². The molecule has 18 heavy (non-hydrogen) atoms. The summed E-state index contributed by atoms with van der Waals surface area (Å²) in [4.78, 5) is 11.5. The standard InChI is InChI=1S/C13H30O3Si2/c1-12(15-17(2,3)4)10-8-9-11-13(14)16-18(5,6)7/h12H,8-11H2,1-7H3. The summed E-state index contributed by atoms with van der Waals surface area (Å²) in [6.07, 6.45) is 3.83. The minimum Gasteiger partial charge on any atom is -0.520 e. The third-order valence-corrected chi connectivity index (χ3v) is 4.17. The Morgan fingerprint density at radius 3 is 2.00 bits per heavy atom. The molecular weight excluding hydrogens is 260 g/mol. The van der Waals surface area contributed by atoms with Crippen LogP contribution in [-0.4, -0.2) is 28.7 Å². The van der Waals surface area contributed by atoms with Crippen molar-refractivity contribution >= 4 is 22.6 Å². The van der Waals surface area contributed by atoms with Crippen LogP contribution in [0.1, 0.15) is 32.6 Å². The summed E-state index contributed by atoms with van der Waals surface area (Å²) in [6.45, 7) is 14.8. The van der Waals surface area contributed by atoms with Crippen molar-refractivity contribution in [3.05, 3.63) is 0 Å². The molecule has 1 atom stereocenters. The average molecular weight is 291 g/mol. The van der Waals surface area contributed by atoms with E-state index in [0.29, 0.717) is 12.5 Å². The van der Waals surface area contributed by atoms with Crippen molar-refractivity contribution in [3.8, 4) is 0 Å². The van der Waals surface area contributed by atoms with E-state index in [2.05, 4.69) is 26.6 Å². The van der Waals surface area contributed by atoms with Gasteiger partial charge in [-0.05, 0) is 59.0 Å². The first-order valence-corrected chi connectivity index (χ1v) is 13.7. The smallest absolute Gasteiger partial charge is 0.292 e. The quantitative estimate of drug-likeness (QED) is 0.497. The van der Waals surface area contributed by atoms with Crippen LogP contribution in [0.4, 0.5) is 0 Å². The first kappa shape index (κ1) is 17.9. The first-order chi connectivity index (χ1) is 7.99. The van der Waals surface area contributed by atoms with Gasteiger partial charge in [-0.3, -0.25) is 4.79 Å². The van der Waals surface area contributed by atoms with E-state index in [1.54, 1.807) is 0 Å². The summed E-state index contributed by atoms with van der Waals surface area (Å²) in [7, 11) is -3.12. The molecule has 0 radical (unpaired) electrons. The van der Waals surface area contributed by atoms with Crippen LogP contribution in [0, 0.1) is 0 Å². The van der Waals surface area contributed by atoms with Crippen molar-refractivity contribution in [2.75, 3.05) is 0 Å². The lowest BCUT2D eigenvalue weighted by Crippen LogP contribution is -2.30. The Hall–Kier alpha value is -0.136. The van der Waals surface area contributed by atoms with E-state index in [-0.39, 0.29) is 5.97 Å². The Morgan fingerprint density at radius 2 is 1.56 bits per heavy atom. The largest absolute Gasteiger partial charge is 0.520 e. The molecule has 0 spiro atoms. The van der Waals surface area contributed by atoms with E-state index in [9.17, 15) is 4.79 Å². The van der Waals surface area contributed by atoms with Gasteiger partial charge < -0.3 is 8.85 Å². The highest BCUT2D eigenvalue weighted by Gasteiger charge is 2.20. The van der Waals surface area contributed by atoms with E-state index in [1.807, 2.05) is 19.6 Å². The molecule has 0 aromatic rings. The van der Waals surface area contributed by atoms with Crippen molar-refractivity contribution < 1.29 is 13.6 Å². The average Bonchev–Trinajstić information content (AvgIpc) is 2.06. The Labute approximate surface area is 115 Å². The van der Waals surface area contributed by atoms with Gasteiger partial charge in [0, 0.05) is 12.5 Å². The lowest BCUT2D eigenvalue weighted by atomic mass is 10.1. The van der Waals surface area contributed by atoms with Crippen molar-refractivity contribution in [2.45, 2.75) is 78.0 Å². The fourth-order valence-electron chi connectivity index (χ4n) is 1.76. The minimum atomic E-state index is -1.70. The molecule has 0 N–H and O–H groups in total. The molecule has 5 heteroatoms. The molecule has 0 aliphatic rings. The molecule has 0 bridgehead atoms. The Kier molecular flexibility index (Phi) is 7.40. The maximum Gasteiger partial charge on any atom is 0.292 e. The van der Waals surface area contributed by atoms with Gasteiger partial charge in [0.15, 0.2) is 8.32 Å². The zero-order chi connectivity index (χ0) is 14.4. The van der Waals surface area contributed by atoms with Crippen molar-refractivity contribution in [3.63, 3.8) is 0 Å². The van der Waals surface area contributed by atoms with Crippen LogP contribution in [0.15, 0.2) is 0 Å². The SMILES string of the molecule is CC(CCCCC(=O)O[Si](C)(C)C)O[Si](C)(C)C. The van der Waals surface area contributed by atoms with Crippen molar-refractivity contribution in [1.82, 2.24) is 0 Å². The summed E-state index contributed by atoms with van der Waals surface area (Å²) < 4.78 is 11.4. The molecule has 0 saturated heterocycles. The van der Waals surface area contributed by atoms with Gasteiger partial charge in [0.2, 0.25) is 8.32 Å². The topological polar surface area (TPSA) is 35.5 Å². The molecule has 3 nitrogen and oxygen atoms in total. The fourth-order valence-corrected chi connectivity index (χ4v) is 3.87. The maximum absolute atomic E-state index is 11.5. The number of carbonyl (C=O) groups is 1. The highest BCUT2D eigenvalue weighted by molar-refractivity contribution is 6.71. The molecule has 0 fully saturated rings. The second kappa shape index (κ2) is 7.45. The molecule has 0 rings (SSSR count). The molecule has 0 heterocycles. The van der Waals surface area contributed by atoms with Gasteiger partial charge >= 0.3 is 0 Å². The highest BCUT2D eigenvalue weighted by atomic mass is 28.4. The third kappa shape index (κ3) is 12.3. The van der Waals surface area contributed by atoms with Crippen LogP contribution in [0.25, 0.3) is 0 Å². The van der Waals surface area contributed by atoms with Crippen LogP contribution < -0.4 is 0 Å². The van der Waals surface area contributed by atoms with E-state index in [0.717, 1.165) is 19.3 Å². The van der Waals surface area contributed by atoms with Crippen molar-refractivity contribution in [2.24, 2.45) is 0 Å². The van der Waals surface area contributed by atoms with Gasteiger partial charge in [0.05, 0.1) is 0 Å². The molecule has 0 aromatic heterocycles. The number of hydrogen-bond acceptors (Lipinski definition) is 3. The predicted molar refractivity (Wildman–Crippen MR) is 81.8 cm³/mol. The van der Waals surface area contributed by atoms with Gasteiger partial charge in [-0.15, -0.1) is 0 Å². The Morgan fingerprint density at radius 1 is 1.00 bits per heavy atom. The van der Waals surface area contributed by atoms with Gasteiger partial charge in [0.1, 0.15) is 0 Å². The lowest BCUT2D eigenvalue weighted by Gasteiger charge is -2.23. The van der Waals surface area contributed by atoms with Gasteiger partial charge in [-0.2, -0.15) is 0 Å². The molecular formula is C13H30O3Si2. The number of carbonyl (C=O) groups excluding carboxylic acids is 1. The van der Waals surface area contributed by atoms with Crippen LogP contribution in [0.2, 0.25) is 39.3 Å². The van der Waals surface area contributed by atoms with E-state index < -0.39 is 16.6 Å². The van der Waals surface area contributed by atoms with E-state index >= 15 is 0 Å². The molecule has 0 aliphatic carbocycles. The highest BCUT2D eigenvalue weighted by Crippen LogP contribution is 2.14. The maximum atomic E-state index is 11.5. The van der Waals surface area contributed by atoms with Gasteiger partial charge in [-0.1, -0.05) is 6.42 Å². The van der Waals surface area contributed by atoms with Crippen LogP contribution in [0.3, 0.4) is 0 Å². The molecule has 108 valence electrons. The molecule has 1 unspecified atom stereocenters. The Bertz CT molecular complexity index is 254. The summed E-state index contributed by atoms with van der Waals surface area (Å²) in [5.74, 6) is -0.0343. The van der Waals surface area contributed by atoms with Crippen molar-refractivity contribution in [1.29, 1.82) is 0 Å². The van der Waals surface area contributed by atoms with E-state index in [4.69, 9.17) is 8.85 Å². The zero-order valence-corrected chi connectivity index (χ0v) is 15.1. The molecule has 0 aromatic carbocycles. The summed E-state index contributed by atoms with van der Waals surface area (Å²) >= 11 is 0. The lowest BCUT2D eigenvalue weighted by molar-refractivity contribution is -0.135. The van der Waals surface area contributed by atoms with Gasteiger partial charge in [-0.25, -0.2) is 0 Å². The Balaban J connectivity index is 3.65. The number of unbranched alkanes of at least 4 members (excludes halogenated alkanes) is 1. The van der Waals surface area contributed by atoms with Crippen LogP contribution in [0.5, 0.6) is 0 Å². The fraction of sp³-hybridized carbons (Fsp3) is 0.923. The molecule has 0 aliphatic heterocycles. The van der Waals surface area contributed by atoms with Crippen LogP contribution in [-0.2, 0) is 13.6 Å². The summed E-state index contributed by atoms with van der Waals surface area (Å²) in [5, 5.41) is 0. The normalized spacial score (nSPS) is 14.4. The summed E-state index contributed by atoms with van der Waals surface area (Å²) in [5.41, 5.74) is 0. The third-order valence-electron chi connectivity index (χ3n) is 2.22. The zero-order valence-electron chi connectivity index (χ0n) is 13.1. The minimum absolute atomic E-state index is 0.0343. The number of hydrogen-bond donors (Lipinski definition) is 0. The molecule has 0 saturated carbocycles. The monoisotopic (exact) mass is 290 g/mol. The number of rotatable bonds is 8. The van der Waals surface area contributed by atoms with E-state index in [1.165, 1.54) is 0 Å².